The van der Waals surface area contributed by atoms with Gasteiger partial charge in [0.15, 0.2) is 17.5 Å². The van der Waals surface area contributed by atoms with E-state index in [4.69, 9.17) is 0 Å². The monoisotopic (exact) mass is 292 g/mol. The van der Waals surface area contributed by atoms with E-state index in [-0.39, 0.29) is 0 Å². The number of carbonyl (C=O) groups is 1. The molecule has 0 saturated carbocycles. The van der Waals surface area contributed by atoms with Crippen molar-refractivity contribution in [3.63, 3.8) is 0 Å². The van der Waals surface area contributed by atoms with Gasteiger partial charge in [-0.1, -0.05) is 0 Å². The van der Waals surface area contributed by atoms with Crippen LogP contribution in [0.2, 0.25) is 0 Å². The maximum atomic E-state index is 13.5. The van der Waals surface area contributed by atoms with Crippen molar-refractivity contribution in [3.05, 3.63) is 58.9 Å². The first-order valence-corrected chi connectivity index (χ1v) is 6.38. The molecule has 0 unspecified atom stereocenters. The standard InChI is InChI=1S/C15H11F3N2O/c16-11-3-2-10(13(17)14(11)18)15(21)20-9-1-4-12-8(7-9)5-6-19-12/h1-4,7,19H,5-6H2,(H,20,21). The lowest BCUT2D eigenvalue weighted by atomic mass is 10.1. The Balaban J connectivity index is 1.85. The molecule has 2 N–H and O–H groups in total. The van der Waals surface area contributed by atoms with Gasteiger partial charge < -0.3 is 10.6 Å². The van der Waals surface area contributed by atoms with Crippen LogP contribution in [0.25, 0.3) is 0 Å². The lowest BCUT2D eigenvalue weighted by Crippen LogP contribution is -2.15. The number of carbonyl (C=O) groups excluding carboxylic acids is 1. The van der Waals surface area contributed by atoms with Crippen molar-refractivity contribution < 1.29 is 18.0 Å². The van der Waals surface area contributed by atoms with Crippen LogP contribution in [0.5, 0.6) is 0 Å². The maximum absolute atomic E-state index is 13.5. The minimum absolute atomic E-state index is 0.478. The first kappa shape index (κ1) is 13.5. The van der Waals surface area contributed by atoms with Gasteiger partial charge in [0.25, 0.3) is 5.91 Å². The lowest BCUT2D eigenvalue weighted by molar-refractivity contribution is 0.102. The number of rotatable bonds is 2. The fraction of sp³-hybridized carbons (Fsp3) is 0.133. The number of benzene rings is 2. The molecular weight excluding hydrogens is 281 g/mol. The predicted octanol–water partition coefficient (Wildman–Crippen LogP) is 3.32. The smallest absolute Gasteiger partial charge is 0.258 e. The summed E-state index contributed by atoms with van der Waals surface area (Å²) in [7, 11) is 0. The Labute approximate surface area is 118 Å². The van der Waals surface area contributed by atoms with Crippen molar-refractivity contribution in [2.24, 2.45) is 0 Å². The van der Waals surface area contributed by atoms with Crippen molar-refractivity contribution in [1.29, 1.82) is 0 Å². The van der Waals surface area contributed by atoms with Crippen LogP contribution in [0.15, 0.2) is 30.3 Å². The van der Waals surface area contributed by atoms with Gasteiger partial charge in [-0.2, -0.15) is 0 Å². The second kappa shape index (κ2) is 5.12. The molecule has 3 nitrogen and oxygen atoms in total. The highest BCUT2D eigenvalue weighted by Crippen LogP contribution is 2.26. The molecule has 108 valence electrons. The molecule has 6 heteroatoms. The molecule has 1 aliphatic rings. The van der Waals surface area contributed by atoms with Crippen LogP contribution in [-0.4, -0.2) is 12.5 Å². The molecular formula is C15H11F3N2O. The molecule has 0 saturated heterocycles. The predicted molar refractivity (Wildman–Crippen MR) is 72.9 cm³/mol. The van der Waals surface area contributed by atoms with Gasteiger partial charge >= 0.3 is 0 Å². The van der Waals surface area contributed by atoms with E-state index in [9.17, 15) is 18.0 Å². The molecule has 3 rings (SSSR count). The van der Waals surface area contributed by atoms with Gasteiger partial charge in [-0.05, 0) is 42.3 Å². The van der Waals surface area contributed by atoms with E-state index in [1.807, 2.05) is 0 Å². The van der Waals surface area contributed by atoms with Gasteiger partial charge in [-0.15, -0.1) is 0 Å². The number of nitrogens with one attached hydrogen (secondary N) is 2. The summed E-state index contributed by atoms with van der Waals surface area (Å²) in [4.78, 5) is 11.9. The number of hydrogen-bond donors (Lipinski definition) is 2. The zero-order valence-corrected chi connectivity index (χ0v) is 10.8. The third-order valence-electron chi connectivity index (χ3n) is 3.35. The van der Waals surface area contributed by atoms with Crippen LogP contribution < -0.4 is 10.6 Å². The third-order valence-corrected chi connectivity index (χ3v) is 3.35. The summed E-state index contributed by atoms with van der Waals surface area (Å²) >= 11 is 0. The molecule has 0 radical (unpaired) electrons. The molecule has 0 bridgehead atoms. The third kappa shape index (κ3) is 2.44. The van der Waals surface area contributed by atoms with Crippen LogP contribution >= 0.6 is 0 Å². The Morgan fingerprint density at radius 3 is 2.71 bits per heavy atom. The Morgan fingerprint density at radius 1 is 1.10 bits per heavy atom. The first-order chi connectivity index (χ1) is 10.1. The molecule has 0 aromatic heterocycles. The molecule has 0 aliphatic carbocycles. The lowest BCUT2D eigenvalue weighted by Gasteiger charge is -2.08. The van der Waals surface area contributed by atoms with Gasteiger partial charge in [0, 0.05) is 17.9 Å². The molecule has 0 atom stereocenters. The van der Waals surface area contributed by atoms with Crippen molar-refractivity contribution in [2.75, 3.05) is 17.2 Å². The Bertz CT molecular complexity index is 731. The largest absolute Gasteiger partial charge is 0.384 e. The number of anilines is 2. The number of amides is 1. The highest BCUT2D eigenvalue weighted by atomic mass is 19.2. The molecule has 0 fully saturated rings. The second-order valence-electron chi connectivity index (χ2n) is 4.73. The summed E-state index contributed by atoms with van der Waals surface area (Å²) in [5, 5.41) is 5.65. The minimum Gasteiger partial charge on any atom is -0.384 e. The van der Waals surface area contributed by atoms with Crippen LogP contribution in [0.1, 0.15) is 15.9 Å². The molecule has 1 amide bonds. The Hall–Kier alpha value is -2.50. The average molecular weight is 292 g/mol. The molecule has 2 aromatic carbocycles. The van der Waals surface area contributed by atoms with Gasteiger partial charge in [-0.25, -0.2) is 13.2 Å². The van der Waals surface area contributed by atoms with E-state index in [2.05, 4.69) is 10.6 Å². The summed E-state index contributed by atoms with van der Waals surface area (Å²) in [6.07, 6.45) is 0.832. The highest BCUT2D eigenvalue weighted by Gasteiger charge is 2.19. The Morgan fingerprint density at radius 2 is 1.90 bits per heavy atom. The summed E-state index contributed by atoms with van der Waals surface area (Å²) < 4.78 is 39.5. The van der Waals surface area contributed by atoms with Crippen molar-refractivity contribution in [2.45, 2.75) is 6.42 Å². The van der Waals surface area contributed by atoms with E-state index in [1.165, 1.54) is 0 Å². The quantitative estimate of drug-likeness (QED) is 0.834. The normalized spacial score (nSPS) is 12.7. The van der Waals surface area contributed by atoms with Crippen molar-refractivity contribution >= 4 is 17.3 Å². The van der Waals surface area contributed by atoms with Gasteiger partial charge in [0.05, 0.1) is 5.56 Å². The topological polar surface area (TPSA) is 41.1 Å². The second-order valence-corrected chi connectivity index (χ2v) is 4.73. The Kier molecular flexibility index (Phi) is 3.29. The van der Waals surface area contributed by atoms with Crippen LogP contribution in [0.3, 0.4) is 0 Å². The zero-order chi connectivity index (χ0) is 15.0. The number of fused-ring (bicyclic) bond motifs is 1. The molecule has 2 aromatic rings. The molecule has 1 heterocycles. The fourth-order valence-corrected chi connectivity index (χ4v) is 2.28. The van der Waals surface area contributed by atoms with E-state index in [0.717, 1.165) is 36.3 Å². The van der Waals surface area contributed by atoms with Gasteiger partial charge in [-0.3, -0.25) is 4.79 Å². The van der Waals surface area contributed by atoms with Crippen molar-refractivity contribution in [3.8, 4) is 0 Å². The number of hydrogen-bond acceptors (Lipinski definition) is 2. The van der Waals surface area contributed by atoms with E-state index < -0.39 is 28.9 Å². The number of halogens is 3. The molecule has 21 heavy (non-hydrogen) atoms. The summed E-state index contributed by atoms with van der Waals surface area (Å²) in [6, 6.07) is 6.87. The fourth-order valence-electron chi connectivity index (χ4n) is 2.28. The van der Waals surface area contributed by atoms with Gasteiger partial charge in [0.2, 0.25) is 0 Å². The summed E-state index contributed by atoms with van der Waals surface area (Å²) in [5.74, 6) is -5.29. The van der Waals surface area contributed by atoms with Crippen LogP contribution in [-0.2, 0) is 6.42 Å². The van der Waals surface area contributed by atoms with Crippen LogP contribution in [0.4, 0.5) is 24.5 Å². The summed E-state index contributed by atoms with van der Waals surface area (Å²) in [6.45, 7) is 0.824. The molecule has 1 aliphatic heterocycles. The highest BCUT2D eigenvalue weighted by molar-refractivity contribution is 6.04. The first-order valence-electron chi connectivity index (χ1n) is 6.38. The SMILES string of the molecule is O=C(Nc1ccc2c(c1)CCN2)c1ccc(F)c(F)c1F. The maximum Gasteiger partial charge on any atom is 0.258 e. The van der Waals surface area contributed by atoms with Crippen LogP contribution in [0, 0.1) is 17.5 Å². The molecule has 0 spiro atoms. The zero-order valence-electron chi connectivity index (χ0n) is 10.8. The van der Waals surface area contributed by atoms with Gasteiger partial charge in [0.1, 0.15) is 0 Å². The summed E-state index contributed by atoms with van der Waals surface area (Å²) in [5.41, 5.74) is 1.98. The van der Waals surface area contributed by atoms with E-state index in [0.29, 0.717) is 5.69 Å². The minimum atomic E-state index is -1.65. The average Bonchev–Trinajstić information content (AvgIpc) is 2.92. The van der Waals surface area contributed by atoms with E-state index in [1.54, 1.807) is 18.2 Å². The van der Waals surface area contributed by atoms with E-state index >= 15 is 0 Å². The van der Waals surface area contributed by atoms with Crippen molar-refractivity contribution in [1.82, 2.24) is 0 Å².